The van der Waals surface area contributed by atoms with Gasteiger partial charge in [-0.1, -0.05) is 152 Å². The number of carboxylic acid groups (broad SMARTS) is 1. The van der Waals surface area contributed by atoms with Gasteiger partial charge in [0.2, 0.25) is 0 Å². The van der Waals surface area contributed by atoms with E-state index in [2.05, 4.69) is 67.0 Å². The minimum atomic E-state index is -4.74. The standard InChI is InChI=1S/C48H82NO11P/c1-3-5-7-8-9-10-11-12-13-14-15-16-17-18-19-23-26-29-33-37-46(50)56-39-42(40-57-61(54,55)58-41-43(49)48(52)53)59-47(51)38-34-30-27-24-21-20-22-25-28-32-36-45-44(60-45)35-31-6-4-2/h9-10,12-13,20,22,24,27-28,32,42-45H,3-8,11,14-19,21,23,25-26,29-31,33-41,49H2,1-2H3,(H,52,53)(H,54,55)/b10-9-,13-12-,22-20-,27-24-,32-28-/t42-,43+,44?,45?/m1/s1. The van der Waals surface area contributed by atoms with Crippen LogP contribution in [0, 0.1) is 0 Å². The van der Waals surface area contributed by atoms with Crippen molar-refractivity contribution in [3.8, 4) is 0 Å². The van der Waals surface area contributed by atoms with Crippen molar-refractivity contribution in [2.24, 2.45) is 5.73 Å². The molecule has 0 aromatic rings. The Balaban J connectivity index is 2.28. The van der Waals surface area contributed by atoms with Gasteiger partial charge in [-0.05, 0) is 77.0 Å². The van der Waals surface area contributed by atoms with Crippen molar-refractivity contribution in [1.29, 1.82) is 0 Å². The van der Waals surface area contributed by atoms with Crippen molar-refractivity contribution < 1.29 is 52.2 Å². The highest BCUT2D eigenvalue weighted by Gasteiger charge is 2.36. The van der Waals surface area contributed by atoms with Crippen LogP contribution in [-0.2, 0) is 42.2 Å². The van der Waals surface area contributed by atoms with E-state index in [1.165, 1.54) is 83.5 Å². The predicted molar refractivity (Wildman–Crippen MR) is 244 cm³/mol. The van der Waals surface area contributed by atoms with Crippen LogP contribution in [0.5, 0.6) is 0 Å². The maximum atomic E-state index is 12.6. The highest BCUT2D eigenvalue weighted by molar-refractivity contribution is 7.47. The number of phosphoric acid groups is 1. The van der Waals surface area contributed by atoms with Gasteiger partial charge in [-0.15, -0.1) is 0 Å². The van der Waals surface area contributed by atoms with E-state index in [4.69, 9.17) is 29.6 Å². The lowest BCUT2D eigenvalue weighted by atomic mass is 10.1. The van der Waals surface area contributed by atoms with E-state index in [1.54, 1.807) is 0 Å². The molecule has 0 spiro atoms. The van der Waals surface area contributed by atoms with Gasteiger partial charge in [-0.3, -0.25) is 23.4 Å². The van der Waals surface area contributed by atoms with E-state index in [9.17, 15) is 23.8 Å². The normalized spacial score (nSPS) is 17.5. The molecule has 0 bridgehead atoms. The maximum Gasteiger partial charge on any atom is 0.472 e. The summed E-state index contributed by atoms with van der Waals surface area (Å²) in [6.07, 6.45) is 47.5. The first-order chi connectivity index (χ1) is 29.6. The number of phosphoric ester groups is 1. The number of rotatable bonds is 42. The van der Waals surface area contributed by atoms with Gasteiger partial charge in [0, 0.05) is 12.8 Å². The van der Waals surface area contributed by atoms with Crippen molar-refractivity contribution in [3.63, 3.8) is 0 Å². The Bertz CT molecular complexity index is 1330. The number of ether oxygens (including phenoxy) is 3. The molecule has 1 fully saturated rings. The Hall–Kier alpha value is -2.86. The molecule has 3 unspecified atom stereocenters. The lowest BCUT2D eigenvalue weighted by molar-refractivity contribution is -0.161. The largest absolute Gasteiger partial charge is 0.480 e. The van der Waals surface area contributed by atoms with Gasteiger partial charge in [-0.25, -0.2) is 4.57 Å². The fraction of sp³-hybridized carbons (Fsp3) is 0.729. The molecule has 0 radical (unpaired) electrons. The molecule has 0 aromatic carbocycles. The van der Waals surface area contributed by atoms with E-state index in [-0.39, 0.29) is 19.4 Å². The van der Waals surface area contributed by atoms with E-state index < -0.39 is 51.1 Å². The monoisotopic (exact) mass is 880 g/mol. The van der Waals surface area contributed by atoms with Crippen molar-refractivity contribution in [2.75, 3.05) is 19.8 Å². The fourth-order valence-electron chi connectivity index (χ4n) is 6.36. The second kappa shape index (κ2) is 38.8. The highest BCUT2D eigenvalue weighted by atomic mass is 31.2. The second-order valence-corrected chi connectivity index (χ2v) is 17.4. The number of epoxide rings is 1. The van der Waals surface area contributed by atoms with Gasteiger partial charge in [0.1, 0.15) is 12.6 Å². The average molecular weight is 880 g/mol. The summed E-state index contributed by atoms with van der Waals surface area (Å²) in [5.74, 6) is -2.47. The Labute approximate surface area is 368 Å². The van der Waals surface area contributed by atoms with Crippen molar-refractivity contribution >= 4 is 25.7 Å². The number of hydrogen-bond acceptors (Lipinski definition) is 10. The van der Waals surface area contributed by atoms with Gasteiger partial charge in [-0.2, -0.15) is 0 Å². The van der Waals surface area contributed by atoms with Crippen molar-refractivity contribution in [2.45, 2.75) is 205 Å². The average Bonchev–Trinajstić information content (AvgIpc) is 3.99. The second-order valence-electron chi connectivity index (χ2n) is 15.9. The fourth-order valence-corrected chi connectivity index (χ4v) is 7.14. The smallest absolute Gasteiger partial charge is 0.472 e. The van der Waals surface area contributed by atoms with Crippen LogP contribution in [0.4, 0.5) is 0 Å². The summed E-state index contributed by atoms with van der Waals surface area (Å²) in [5, 5.41) is 8.90. The quantitative estimate of drug-likeness (QED) is 0.0174. The van der Waals surface area contributed by atoms with E-state index in [0.717, 1.165) is 51.4 Å². The van der Waals surface area contributed by atoms with Crippen molar-refractivity contribution in [1.82, 2.24) is 0 Å². The molecule has 4 N–H and O–H groups in total. The summed E-state index contributed by atoms with van der Waals surface area (Å²) < 4.78 is 38.4. The van der Waals surface area contributed by atoms with Gasteiger partial charge in [0.05, 0.1) is 25.4 Å². The zero-order valence-corrected chi connectivity index (χ0v) is 38.6. The predicted octanol–water partition coefficient (Wildman–Crippen LogP) is 11.7. The first kappa shape index (κ1) is 56.2. The van der Waals surface area contributed by atoms with Gasteiger partial charge in [0.15, 0.2) is 6.10 Å². The van der Waals surface area contributed by atoms with E-state index >= 15 is 0 Å². The third-order valence-electron chi connectivity index (χ3n) is 10.2. The summed E-state index contributed by atoms with van der Waals surface area (Å²) in [4.78, 5) is 46.1. The summed E-state index contributed by atoms with van der Waals surface area (Å²) in [6.45, 7) is 2.69. The molecule has 350 valence electrons. The van der Waals surface area contributed by atoms with Crippen LogP contribution in [0.2, 0.25) is 0 Å². The number of carbonyl (C=O) groups excluding carboxylic acids is 2. The maximum absolute atomic E-state index is 12.6. The number of nitrogens with two attached hydrogens (primary N) is 1. The first-order valence-electron chi connectivity index (χ1n) is 23.4. The Morgan fingerprint density at radius 1 is 0.607 bits per heavy atom. The van der Waals surface area contributed by atoms with E-state index in [1.807, 2.05) is 12.2 Å². The molecule has 1 aliphatic heterocycles. The molecule has 61 heavy (non-hydrogen) atoms. The minimum absolute atomic E-state index is 0.0784. The molecule has 1 saturated heterocycles. The first-order valence-corrected chi connectivity index (χ1v) is 24.9. The summed E-state index contributed by atoms with van der Waals surface area (Å²) >= 11 is 0. The van der Waals surface area contributed by atoms with Gasteiger partial charge in [0.25, 0.3) is 0 Å². The van der Waals surface area contributed by atoms with Crippen LogP contribution < -0.4 is 5.73 Å². The number of carbonyl (C=O) groups is 3. The number of allylic oxidation sites excluding steroid dienone is 9. The molecule has 0 amide bonds. The summed E-state index contributed by atoms with van der Waals surface area (Å²) in [5.41, 5.74) is 5.34. The molecule has 0 saturated carbocycles. The molecular formula is C48H82NO11P. The van der Waals surface area contributed by atoms with Crippen LogP contribution in [0.25, 0.3) is 0 Å². The number of aliphatic carboxylic acids is 1. The summed E-state index contributed by atoms with van der Waals surface area (Å²) in [6, 6.07) is -1.54. The van der Waals surface area contributed by atoms with E-state index in [0.29, 0.717) is 31.5 Å². The van der Waals surface area contributed by atoms with Crippen LogP contribution in [-0.4, -0.2) is 72.1 Å². The zero-order valence-electron chi connectivity index (χ0n) is 37.7. The third kappa shape index (κ3) is 36.3. The van der Waals surface area contributed by atoms with Crippen LogP contribution in [0.3, 0.4) is 0 Å². The minimum Gasteiger partial charge on any atom is -0.480 e. The lowest BCUT2D eigenvalue weighted by Gasteiger charge is -2.20. The molecular weight excluding hydrogens is 797 g/mol. The highest BCUT2D eigenvalue weighted by Crippen LogP contribution is 2.43. The van der Waals surface area contributed by atoms with Crippen LogP contribution in [0.15, 0.2) is 60.8 Å². The number of hydrogen-bond donors (Lipinski definition) is 3. The Kier molecular flexibility index (Phi) is 35.7. The Morgan fingerprint density at radius 3 is 1.70 bits per heavy atom. The van der Waals surface area contributed by atoms with Crippen molar-refractivity contribution in [3.05, 3.63) is 60.8 Å². The summed E-state index contributed by atoms with van der Waals surface area (Å²) in [7, 11) is -4.74. The zero-order chi connectivity index (χ0) is 44.7. The topological polar surface area (TPSA) is 184 Å². The number of carboxylic acids is 1. The Morgan fingerprint density at radius 2 is 1.10 bits per heavy atom. The van der Waals surface area contributed by atoms with Gasteiger partial charge >= 0.3 is 25.7 Å². The van der Waals surface area contributed by atoms with Crippen LogP contribution >= 0.6 is 7.82 Å². The molecule has 1 rings (SSSR count). The molecule has 1 aliphatic rings. The lowest BCUT2D eigenvalue weighted by Crippen LogP contribution is -2.34. The molecule has 13 heteroatoms. The molecule has 12 nitrogen and oxygen atoms in total. The number of unbranched alkanes of at least 4 members (excludes halogenated alkanes) is 15. The molecule has 0 aromatic heterocycles. The molecule has 0 aliphatic carbocycles. The number of esters is 2. The molecule has 5 atom stereocenters. The SMILES string of the molecule is CCCCC/C=C\C/C=C\CCCCCCCCCCCC(=O)OC[C@H](COP(=O)(O)OC[C@H](N)C(=O)O)OC(=O)CCC/C=C\C/C=C\C/C=C\CC1OC1CCCCC. The third-order valence-corrected chi connectivity index (χ3v) is 11.1. The molecule has 1 heterocycles. The van der Waals surface area contributed by atoms with Gasteiger partial charge < -0.3 is 29.9 Å². The van der Waals surface area contributed by atoms with Crippen LogP contribution in [0.1, 0.15) is 181 Å².